The fourth-order valence-corrected chi connectivity index (χ4v) is 2.40. The van der Waals surface area contributed by atoms with Crippen molar-refractivity contribution in [3.8, 4) is 0 Å². The third-order valence-electron chi connectivity index (χ3n) is 3.44. The van der Waals surface area contributed by atoms with Gasteiger partial charge < -0.3 is 15.0 Å². The van der Waals surface area contributed by atoms with E-state index < -0.39 is 5.91 Å². The second-order valence-corrected chi connectivity index (χ2v) is 4.81. The molecule has 6 heteroatoms. The number of fused-ring (bicyclic) bond motifs is 1. The Hall–Kier alpha value is -2.37. The van der Waals surface area contributed by atoms with Crippen LogP contribution in [0.4, 0.5) is 0 Å². The molecule has 2 N–H and O–H groups in total. The molecule has 0 saturated carbocycles. The van der Waals surface area contributed by atoms with E-state index in [0.717, 1.165) is 11.2 Å². The minimum absolute atomic E-state index is 0.0190. The van der Waals surface area contributed by atoms with Crippen molar-refractivity contribution in [3.63, 3.8) is 0 Å². The smallest absolute Gasteiger partial charge is 0.223 e. The maximum atomic E-state index is 11.8. The van der Waals surface area contributed by atoms with Gasteiger partial charge in [-0.1, -0.05) is 6.07 Å². The number of amides is 2. The van der Waals surface area contributed by atoms with Crippen molar-refractivity contribution in [2.75, 3.05) is 6.54 Å². The van der Waals surface area contributed by atoms with Gasteiger partial charge in [-0.3, -0.25) is 9.59 Å². The van der Waals surface area contributed by atoms with Crippen LogP contribution < -0.4 is 5.73 Å². The molecule has 0 radical (unpaired) electrons. The molecule has 1 fully saturated rings. The first-order chi connectivity index (χ1) is 9.13. The Morgan fingerprint density at radius 2 is 2.32 bits per heavy atom. The molecule has 1 unspecified atom stereocenters. The molecule has 6 nitrogen and oxygen atoms in total. The molecule has 1 aliphatic rings. The van der Waals surface area contributed by atoms with Gasteiger partial charge in [0.1, 0.15) is 5.65 Å². The quantitative estimate of drug-likeness (QED) is 0.852. The molecule has 2 aromatic heterocycles. The number of rotatable bonds is 3. The van der Waals surface area contributed by atoms with E-state index in [4.69, 9.17) is 5.73 Å². The van der Waals surface area contributed by atoms with Crippen molar-refractivity contribution < 1.29 is 9.59 Å². The Morgan fingerprint density at radius 3 is 3.05 bits per heavy atom. The standard InChI is InChI=1S/C13H14N4O2/c14-13(19)10-5-12(18)17(8-10)7-9-1-2-11-15-3-4-16(11)6-9/h1-4,6,10H,5,7-8H2,(H2,14,19). The van der Waals surface area contributed by atoms with Crippen LogP contribution in [0.1, 0.15) is 12.0 Å². The van der Waals surface area contributed by atoms with Gasteiger partial charge in [-0.05, 0) is 11.6 Å². The molecule has 98 valence electrons. The van der Waals surface area contributed by atoms with Gasteiger partial charge in [0.2, 0.25) is 11.8 Å². The van der Waals surface area contributed by atoms with Crippen LogP contribution in [0.2, 0.25) is 0 Å². The van der Waals surface area contributed by atoms with Crippen LogP contribution >= 0.6 is 0 Å². The van der Waals surface area contributed by atoms with Gasteiger partial charge in [-0.25, -0.2) is 4.98 Å². The average molecular weight is 258 g/mol. The highest BCUT2D eigenvalue weighted by atomic mass is 16.2. The van der Waals surface area contributed by atoms with Crippen molar-refractivity contribution in [1.82, 2.24) is 14.3 Å². The first-order valence-corrected chi connectivity index (χ1v) is 6.12. The van der Waals surface area contributed by atoms with E-state index in [9.17, 15) is 9.59 Å². The fraction of sp³-hybridized carbons (Fsp3) is 0.308. The van der Waals surface area contributed by atoms with Crippen LogP contribution in [0.15, 0.2) is 30.7 Å². The van der Waals surface area contributed by atoms with Crippen LogP contribution in [-0.4, -0.2) is 32.6 Å². The number of likely N-dealkylation sites (tertiary alicyclic amines) is 1. The van der Waals surface area contributed by atoms with Gasteiger partial charge in [0.25, 0.3) is 0 Å². The lowest BCUT2D eigenvalue weighted by Crippen LogP contribution is -2.28. The minimum atomic E-state index is -0.402. The second kappa shape index (κ2) is 4.38. The van der Waals surface area contributed by atoms with Gasteiger partial charge in [0.15, 0.2) is 0 Å². The maximum Gasteiger partial charge on any atom is 0.223 e. The Morgan fingerprint density at radius 1 is 1.47 bits per heavy atom. The van der Waals surface area contributed by atoms with Gasteiger partial charge in [-0.15, -0.1) is 0 Å². The number of nitrogens with zero attached hydrogens (tertiary/aromatic N) is 3. The largest absolute Gasteiger partial charge is 0.369 e. The van der Waals surface area contributed by atoms with Crippen molar-refractivity contribution in [2.45, 2.75) is 13.0 Å². The molecule has 2 amide bonds. The van der Waals surface area contributed by atoms with Crippen LogP contribution in [0, 0.1) is 5.92 Å². The summed E-state index contributed by atoms with van der Waals surface area (Å²) < 4.78 is 1.90. The molecule has 1 saturated heterocycles. The lowest BCUT2D eigenvalue weighted by atomic mass is 10.1. The highest BCUT2D eigenvalue weighted by Gasteiger charge is 2.32. The number of aromatic nitrogens is 2. The zero-order valence-corrected chi connectivity index (χ0v) is 10.3. The molecule has 0 bridgehead atoms. The molecule has 2 aromatic rings. The van der Waals surface area contributed by atoms with E-state index in [0.29, 0.717) is 13.1 Å². The molecular weight excluding hydrogens is 244 g/mol. The van der Waals surface area contributed by atoms with Crippen LogP contribution in [0.25, 0.3) is 5.65 Å². The van der Waals surface area contributed by atoms with Gasteiger partial charge in [0, 0.05) is 38.1 Å². The minimum Gasteiger partial charge on any atom is -0.369 e. The maximum absolute atomic E-state index is 11.8. The number of primary amides is 1. The molecule has 1 atom stereocenters. The lowest BCUT2D eigenvalue weighted by Gasteiger charge is -2.16. The third kappa shape index (κ3) is 2.16. The molecule has 3 heterocycles. The van der Waals surface area contributed by atoms with E-state index in [1.165, 1.54) is 0 Å². The first-order valence-electron chi connectivity index (χ1n) is 6.12. The summed E-state index contributed by atoms with van der Waals surface area (Å²) in [6.07, 6.45) is 5.75. The number of pyridine rings is 1. The topological polar surface area (TPSA) is 80.7 Å². The summed E-state index contributed by atoms with van der Waals surface area (Å²) in [5, 5.41) is 0. The number of nitrogens with two attached hydrogens (primary N) is 1. The monoisotopic (exact) mass is 258 g/mol. The van der Waals surface area contributed by atoms with E-state index in [-0.39, 0.29) is 18.2 Å². The summed E-state index contributed by atoms with van der Waals surface area (Å²) in [5.74, 6) is -0.778. The number of hydrogen-bond donors (Lipinski definition) is 1. The highest BCUT2D eigenvalue weighted by molar-refractivity contribution is 5.88. The van der Waals surface area contributed by atoms with E-state index in [1.807, 2.05) is 28.9 Å². The van der Waals surface area contributed by atoms with Crippen molar-refractivity contribution in [3.05, 3.63) is 36.3 Å². The van der Waals surface area contributed by atoms with Gasteiger partial charge in [-0.2, -0.15) is 0 Å². The third-order valence-corrected chi connectivity index (χ3v) is 3.44. The van der Waals surface area contributed by atoms with Crippen molar-refractivity contribution >= 4 is 17.5 Å². The predicted molar refractivity (Wildman–Crippen MR) is 67.9 cm³/mol. The number of carbonyl (C=O) groups is 2. The number of imidazole rings is 1. The normalized spacial score (nSPS) is 19.3. The molecule has 1 aliphatic heterocycles. The molecule has 0 aromatic carbocycles. The Kier molecular flexibility index (Phi) is 2.70. The van der Waals surface area contributed by atoms with E-state index >= 15 is 0 Å². The number of carbonyl (C=O) groups excluding carboxylic acids is 2. The summed E-state index contributed by atoms with van der Waals surface area (Å²) in [6.45, 7) is 0.910. The average Bonchev–Trinajstić information content (AvgIpc) is 2.96. The number of hydrogen-bond acceptors (Lipinski definition) is 3. The molecule has 0 aliphatic carbocycles. The summed E-state index contributed by atoms with van der Waals surface area (Å²) in [7, 11) is 0. The Bertz CT molecular complexity index is 649. The van der Waals surface area contributed by atoms with Gasteiger partial charge in [0.05, 0.1) is 5.92 Å². The lowest BCUT2D eigenvalue weighted by molar-refractivity contribution is -0.128. The van der Waals surface area contributed by atoms with Crippen LogP contribution in [-0.2, 0) is 16.1 Å². The summed E-state index contributed by atoms with van der Waals surface area (Å²) in [4.78, 5) is 28.8. The molecular formula is C13H14N4O2. The van der Waals surface area contributed by atoms with E-state index in [1.54, 1.807) is 11.1 Å². The van der Waals surface area contributed by atoms with Crippen LogP contribution in [0.3, 0.4) is 0 Å². The predicted octanol–water partition coefficient (Wildman–Crippen LogP) is 0.168. The SMILES string of the molecule is NC(=O)C1CC(=O)N(Cc2ccc3nccn3c2)C1. The van der Waals surface area contributed by atoms with Crippen molar-refractivity contribution in [2.24, 2.45) is 11.7 Å². The summed E-state index contributed by atoms with van der Waals surface area (Å²) >= 11 is 0. The van der Waals surface area contributed by atoms with E-state index in [2.05, 4.69) is 4.98 Å². The summed E-state index contributed by atoms with van der Waals surface area (Å²) in [6, 6.07) is 3.84. The second-order valence-electron chi connectivity index (χ2n) is 4.81. The first kappa shape index (κ1) is 11.7. The zero-order valence-electron chi connectivity index (χ0n) is 10.3. The fourth-order valence-electron chi connectivity index (χ4n) is 2.40. The van der Waals surface area contributed by atoms with Crippen molar-refractivity contribution in [1.29, 1.82) is 0 Å². The molecule has 0 spiro atoms. The summed E-state index contributed by atoms with van der Waals surface area (Å²) in [5.41, 5.74) is 7.12. The van der Waals surface area contributed by atoms with Crippen LogP contribution in [0.5, 0.6) is 0 Å². The molecule has 3 rings (SSSR count). The van der Waals surface area contributed by atoms with Gasteiger partial charge >= 0.3 is 0 Å². The Labute approximate surface area is 109 Å². The highest BCUT2D eigenvalue weighted by Crippen LogP contribution is 2.20. The zero-order chi connectivity index (χ0) is 13.4. The Balaban J connectivity index is 1.77. The molecule has 19 heavy (non-hydrogen) atoms.